The molecule has 5 nitrogen and oxygen atoms in total. The Balaban J connectivity index is 0.00000312. The predicted octanol–water partition coefficient (Wildman–Crippen LogP) is 3.36. The highest BCUT2D eigenvalue weighted by Crippen LogP contribution is 2.16. The van der Waals surface area contributed by atoms with Crippen LogP contribution >= 0.6 is 24.0 Å². The van der Waals surface area contributed by atoms with Gasteiger partial charge in [-0.25, -0.2) is 8.78 Å². The van der Waals surface area contributed by atoms with Crippen LogP contribution in [-0.4, -0.2) is 22.8 Å². The van der Waals surface area contributed by atoms with Crippen LogP contribution in [0.25, 0.3) is 0 Å². The monoisotopic (exact) mass is 463 g/mol. The highest BCUT2D eigenvalue weighted by molar-refractivity contribution is 14.0. The van der Waals surface area contributed by atoms with E-state index in [1.807, 2.05) is 32.5 Å². The van der Waals surface area contributed by atoms with Crippen molar-refractivity contribution >= 4 is 29.9 Å². The fourth-order valence-electron chi connectivity index (χ4n) is 2.51. The maximum atomic E-state index is 13.4. The van der Waals surface area contributed by atoms with Gasteiger partial charge in [-0.15, -0.1) is 24.0 Å². The average Bonchev–Trinajstić information content (AvgIpc) is 2.79. The number of benzene rings is 1. The highest BCUT2D eigenvalue weighted by Gasteiger charge is 2.13. The molecule has 1 heterocycles. The molecule has 138 valence electrons. The van der Waals surface area contributed by atoms with Gasteiger partial charge in [-0.05, 0) is 38.5 Å². The summed E-state index contributed by atoms with van der Waals surface area (Å²) in [6.45, 7) is 6.41. The molecule has 1 atom stereocenters. The summed E-state index contributed by atoms with van der Waals surface area (Å²) in [5.41, 5.74) is 3.81. The minimum Gasteiger partial charge on any atom is -0.352 e. The zero-order valence-electron chi connectivity index (χ0n) is 15.0. The third-order valence-corrected chi connectivity index (χ3v) is 4.11. The summed E-state index contributed by atoms with van der Waals surface area (Å²) in [7, 11) is 3.57. The first-order valence-electron chi connectivity index (χ1n) is 7.74. The molecule has 2 rings (SSSR count). The molecule has 0 saturated carbocycles. The van der Waals surface area contributed by atoms with Crippen LogP contribution in [-0.2, 0) is 13.6 Å². The normalized spacial score (nSPS) is 12.5. The van der Waals surface area contributed by atoms with E-state index in [2.05, 4.69) is 20.7 Å². The van der Waals surface area contributed by atoms with Crippen molar-refractivity contribution in [2.24, 2.45) is 12.0 Å². The van der Waals surface area contributed by atoms with Gasteiger partial charge in [0.25, 0.3) is 0 Å². The molecule has 1 aromatic heterocycles. The molecule has 1 aromatic carbocycles. The van der Waals surface area contributed by atoms with Gasteiger partial charge in [-0.3, -0.25) is 9.67 Å². The van der Waals surface area contributed by atoms with E-state index in [1.54, 1.807) is 13.1 Å². The Bertz CT molecular complexity index is 758. The van der Waals surface area contributed by atoms with Crippen LogP contribution in [0.4, 0.5) is 8.78 Å². The minimum atomic E-state index is -0.856. The van der Waals surface area contributed by atoms with Gasteiger partial charge in [0.2, 0.25) is 0 Å². The first kappa shape index (κ1) is 21.3. The van der Waals surface area contributed by atoms with Crippen LogP contribution in [0.1, 0.15) is 35.5 Å². The molecule has 0 saturated heterocycles. The van der Waals surface area contributed by atoms with E-state index in [0.717, 1.165) is 23.0 Å². The number of hydrogen-bond acceptors (Lipinski definition) is 2. The van der Waals surface area contributed by atoms with Crippen molar-refractivity contribution in [3.05, 3.63) is 52.3 Å². The molecule has 2 aromatic rings. The zero-order valence-corrected chi connectivity index (χ0v) is 17.4. The van der Waals surface area contributed by atoms with Crippen LogP contribution < -0.4 is 10.6 Å². The summed E-state index contributed by atoms with van der Waals surface area (Å²) in [5, 5.41) is 10.8. The summed E-state index contributed by atoms with van der Waals surface area (Å²) in [6, 6.07) is 3.65. The van der Waals surface area contributed by atoms with Gasteiger partial charge >= 0.3 is 0 Å². The Morgan fingerprint density at radius 2 is 1.96 bits per heavy atom. The summed E-state index contributed by atoms with van der Waals surface area (Å²) in [4.78, 5) is 4.17. The number of aliphatic imine (C=N–C) groups is 1. The molecule has 25 heavy (non-hydrogen) atoms. The van der Waals surface area contributed by atoms with E-state index in [-0.39, 0.29) is 30.0 Å². The van der Waals surface area contributed by atoms with Crippen molar-refractivity contribution in [1.82, 2.24) is 20.4 Å². The van der Waals surface area contributed by atoms with Crippen LogP contribution in [0.15, 0.2) is 23.2 Å². The second-order valence-corrected chi connectivity index (χ2v) is 5.74. The molecule has 8 heteroatoms. The Kier molecular flexibility index (Phi) is 7.78. The number of halogens is 3. The fraction of sp³-hybridized carbons (Fsp3) is 0.412. The number of hydrogen-bond donors (Lipinski definition) is 2. The molecule has 0 radical (unpaired) electrons. The molecular formula is C17H24F2IN5. The van der Waals surface area contributed by atoms with Gasteiger partial charge < -0.3 is 10.6 Å². The summed E-state index contributed by atoms with van der Waals surface area (Å²) in [5.74, 6) is -1.13. The van der Waals surface area contributed by atoms with Gasteiger partial charge in [0.15, 0.2) is 17.6 Å². The number of nitrogens with zero attached hydrogens (tertiary/aromatic N) is 3. The lowest BCUT2D eigenvalue weighted by Crippen LogP contribution is -2.38. The minimum absolute atomic E-state index is 0. The molecule has 2 N–H and O–H groups in total. The Hall–Kier alpha value is -1.71. The maximum Gasteiger partial charge on any atom is 0.191 e. The van der Waals surface area contributed by atoms with Crippen LogP contribution in [0, 0.1) is 25.5 Å². The molecule has 0 aliphatic carbocycles. The quantitative estimate of drug-likeness (QED) is 0.416. The Morgan fingerprint density at radius 3 is 2.48 bits per heavy atom. The van der Waals surface area contributed by atoms with E-state index in [9.17, 15) is 8.78 Å². The number of guanidine groups is 1. The second kappa shape index (κ2) is 9.12. The first-order chi connectivity index (χ1) is 11.3. The SMILES string of the molecule is CN=C(NCc1c(C)nn(C)c1C)NC(C)c1ccc(F)c(F)c1.I. The maximum absolute atomic E-state index is 13.4. The summed E-state index contributed by atoms with van der Waals surface area (Å²) in [6.07, 6.45) is 0. The van der Waals surface area contributed by atoms with E-state index in [1.165, 1.54) is 6.07 Å². The van der Waals surface area contributed by atoms with Crippen molar-refractivity contribution in [3.63, 3.8) is 0 Å². The van der Waals surface area contributed by atoms with Crippen molar-refractivity contribution in [2.45, 2.75) is 33.4 Å². The van der Waals surface area contributed by atoms with Gasteiger partial charge in [0.05, 0.1) is 11.7 Å². The highest BCUT2D eigenvalue weighted by atomic mass is 127. The standard InChI is InChI=1S/C17H23F2N5.HI/c1-10(13-6-7-15(18)16(19)8-13)22-17(20-4)21-9-14-11(2)23-24(5)12(14)3;/h6-8,10H,9H2,1-5H3,(H2,20,21,22);1H. The van der Waals surface area contributed by atoms with E-state index >= 15 is 0 Å². The lowest BCUT2D eigenvalue weighted by atomic mass is 10.1. The molecule has 0 amide bonds. The summed E-state index contributed by atoms with van der Waals surface area (Å²) >= 11 is 0. The smallest absolute Gasteiger partial charge is 0.191 e. The number of aromatic nitrogens is 2. The molecule has 0 aliphatic heterocycles. The summed E-state index contributed by atoms with van der Waals surface area (Å²) < 4.78 is 28.2. The molecular weight excluding hydrogens is 439 g/mol. The molecule has 0 fully saturated rings. The number of nitrogens with one attached hydrogen (secondary N) is 2. The van der Waals surface area contributed by atoms with E-state index < -0.39 is 11.6 Å². The largest absolute Gasteiger partial charge is 0.352 e. The first-order valence-corrected chi connectivity index (χ1v) is 7.74. The molecule has 1 unspecified atom stereocenters. The van der Waals surface area contributed by atoms with Crippen molar-refractivity contribution in [2.75, 3.05) is 7.05 Å². The Labute approximate surface area is 163 Å². The van der Waals surface area contributed by atoms with Gasteiger partial charge in [-0.1, -0.05) is 6.07 Å². The third kappa shape index (κ3) is 5.13. The van der Waals surface area contributed by atoms with Gasteiger partial charge in [0.1, 0.15) is 0 Å². The van der Waals surface area contributed by atoms with Crippen LogP contribution in [0.2, 0.25) is 0 Å². The third-order valence-electron chi connectivity index (χ3n) is 4.11. The zero-order chi connectivity index (χ0) is 17.9. The lowest BCUT2D eigenvalue weighted by molar-refractivity contribution is 0.504. The Morgan fingerprint density at radius 1 is 1.28 bits per heavy atom. The molecule has 0 aliphatic rings. The topological polar surface area (TPSA) is 54.2 Å². The molecule has 0 spiro atoms. The number of aryl methyl sites for hydroxylation is 2. The lowest BCUT2D eigenvalue weighted by Gasteiger charge is -2.18. The number of rotatable bonds is 4. The van der Waals surface area contributed by atoms with Crippen molar-refractivity contribution in [3.8, 4) is 0 Å². The van der Waals surface area contributed by atoms with Crippen LogP contribution in [0.5, 0.6) is 0 Å². The van der Waals surface area contributed by atoms with Crippen LogP contribution in [0.3, 0.4) is 0 Å². The van der Waals surface area contributed by atoms with E-state index in [0.29, 0.717) is 18.1 Å². The van der Waals surface area contributed by atoms with Gasteiger partial charge in [0, 0.05) is 31.9 Å². The average molecular weight is 463 g/mol. The fourth-order valence-corrected chi connectivity index (χ4v) is 2.51. The molecule has 0 bridgehead atoms. The van der Waals surface area contributed by atoms with Crippen molar-refractivity contribution in [1.29, 1.82) is 0 Å². The van der Waals surface area contributed by atoms with Crippen molar-refractivity contribution < 1.29 is 8.78 Å². The van der Waals surface area contributed by atoms with E-state index in [4.69, 9.17) is 0 Å². The second-order valence-electron chi connectivity index (χ2n) is 5.74. The van der Waals surface area contributed by atoms with Gasteiger partial charge in [-0.2, -0.15) is 5.10 Å². The predicted molar refractivity (Wildman–Crippen MR) is 106 cm³/mol.